The van der Waals surface area contributed by atoms with Crippen molar-refractivity contribution < 1.29 is 4.79 Å². The Kier molecular flexibility index (Phi) is 2.64. The van der Waals surface area contributed by atoms with Crippen LogP contribution in [0.25, 0.3) is 0 Å². The maximum Gasteiger partial charge on any atom is 0.254 e. The molecule has 7 heteroatoms. The summed E-state index contributed by atoms with van der Waals surface area (Å²) < 4.78 is 0. The number of nitrogens with zero attached hydrogens (tertiary/aromatic N) is 4. The van der Waals surface area contributed by atoms with Crippen LogP contribution in [0.2, 0.25) is 0 Å². The lowest BCUT2D eigenvalue weighted by atomic mass is 10.1. The second-order valence-electron chi connectivity index (χ2n) is 4.74. The number of carbonyl (C=O) groups is 1. The van der Waals surface area contributed by atoms with Crippen LogP contribution in [-0.2, 0) is 0 Å². The van der Waals surface area contributed by atoms with Crippen molar-refractivity contribution in [1.29, 1.82) is 0 Å². The molecule has 1 aromatic rings. The van der Waals surface area contributed by atoms with Crippen LogP contribution in [0.15, 0.2) is 6.20 Å². The molecule has 1 atom stereocenters. The molecule has 2 bridgehead atoms. The molecule has 18 heavy (non-hydrogen) atoms. The summed E-state index contributed by atoms with van der Waals surface area (Å²) in [5.41, 5.74) is 11.1. The zero-order valence-corrected chi connectivity index (χ0v) is 10.0. The highest BCUT2D eigenvalue weighted by atomic mass is 16.1. The first-order valence-corrected chi connectivity index (χ1v) is 6.04. The number of hydrogen-bond donors (Lipinski definition) is 2. The smallest absolute Gasteiger partial charge is 0.254 e. The van der Waals surface area contributed by atoms with Crippen molar-refractivity contribution in [2.24, 2.45) is 5.73 Å². The van der Waals surface area contributed by atoms with Crippen molar-refractivity contribution in [2.45, 2.75) is 6.04 Å². The van der Waals surface area contributed by atoms with Gasteiger partial charge in [-0.25, -0.2) is 9.97 Å². The minimum atomic E-state index is -0.590. The van der Waals surface area contributed by atoms with Gasteiger partial charge in [0, 0.05) is 38.9 Å². The van der Waals surface area contributed by atoms with Crippen molar-refractivity contribution in [3.8, 4) is 0 Å². The van der Waals surface area contributed by atoms with Crippen molar-refractivity contribution in [3.05, 3.63) is 17.6 Å². The van der Waals surface area contributed by atoms with Gasteiger partial charge >= 0.3 is 0 Å². The molecule has 0 radical (unpaired) electrons. The van der Waals surface area contributed by atoms with Crippen LogP contribution in [0.4, 0.5) is 5.82 Å². The van der Waals surface area contributed by atoms with Gasteiger partial charge in [0.1, 0.15) is 11.6 Å². The van der Waals surface area contributed by atoms with Crippen molar-refractivity contribution in [2.75, 3.05) is 38.5 Å². The quantitative estimate of drug-likeness (QED) is 0.684. The van der Waals surface area contributed by atoms with E-state index in [1.165, 1.54) is 6.20 Å². The number of carbonyl (C=O) groups excluding carboxylic acids is 1. The van der Waals surface area contributed by atoms with E-state index in [4.69, 9.17) is 11.5 Å². The summed E-state index contributed by atoms with van der Waals surface area (Å²) >= 11 is 0. The summed E-state index contributed by atoms with van der Waals surface area (Å²) in [6, 6.07) is 0.178. The van der Waals surface area contributed by atoms with Gasteiger partial charge in [-0.15, -0.1) is 0 Å². The summed E-state index contributed by atoms with van der Waals surface area (Å²) in [5.74, 6) is 0.264. The van der Waals surface area contributed by atoms with E-state index in [0.29, 0.717) is 5.82 Å². The van der Waals surface area contributed by atoms with Gasteiger partial charge in [-0.3, -0.25) is 14.6 Å². The Morgan fingerprint density at radius 1 is 1.33 bits per heavy atom. The van der Waals surface area contributed by atoms with Crippen molar-refractivity contribution >= 4 is 11.7 Å². The van der Waals surface area contributed by atoms with E-state index in [0.717, 1.165) is 32.7 Å². The van der Waals surface area contributed by atoms with Gasteiger partial charge in [0.05, 0.1) is 11.6 Å². The number of aromatic nitrogens is 2. The number of anilines is 1. The third-order valence-corrected chi connectivity index (χ3v) is 3.68. The highest BCUT2D eigenvalue weighted by Crippen LogP contribution is 2.27. The number of nitrogens with two attached hydrogens (primary N) is 2. The minimum absolute atomic E-state index is 0.171. The van der Waals surface area contributed by atoms with Gasteiger partial charge in [-0.05, 0) is 0 Å². The molecule has 0 aliphatic carbocycles. The van der Waals surface area contributed by atoms with E-state index in [1.807, 2.05) is 0 Å². The average Bonchev–Trinajstić information content (AvgIpc) is 2.39. The number of hydrogen-bond acceptors (Lipinski definition) is 6. The molecule has 3 aliphatic heterocycles. The molecule has 1 unspecified atom stereocenters. The topological polar surface area (TPSA) is 101 Å². The first-order valence-electron chi connectivity index (χ1n) is 6.04. The maximum atomic E-state index is 11.1. The van der Waals surface area contributed by atoms with E-state index in [2.05, 4.69) is 19.8 Å². The van der Waals surface area contributed by atoms with Crippen LogP contribution in [0.3, 0.4) is 0 Å². The summed E-state index contributed by atoms with van der Waals surface area (Å²) in [5, 5.41) is 0. The zero-order chi connectivity index (χ0) is 12.7. The van der Waals surface area contributed by atoms with Gasteiger partial charge in [0.25, 0.3) is 5.91 Å². The molecule has 4 heterocycles. The predicted molar refractivity (Wildman–Crippen MR) is 65.7 cm³/mol. The lowest BCUT2D eigenvalue weighted by molar-refractivity contribution is 0.00869. The summed E-state index contributed by atoms with van der Waals surface area (Å²) in [4.78, 5) is 24.3. The number of nitrogen functional groups attached to an aromatic ring is 1. The molecule has 3 aliphatic rings. The standard InChI is InChI=1S/C11H16N6O/c12-9-7(10(13)18)5-14-11(15-9)8-6-16-1-3-17(8)4-2-16/h5,8H,1-4,6H2,(H2,13,18)(H2,12,14,15). The molecular weight excluding hydrogens is 232 g/mol. The predicted octanol–water partition coefficient (Wildman–Crippen LogP) is -1.17. The average molecular weight is 248 g/mol. The van der Waals surface area contributed by atoms with Crippen LogP contribution in [0.1, 0.15) is 22.2 Å². The molecule has 0 aromatic carbocycles. The van der Waals surface area contributed by atoms with Gasteiger partial charge < -0.3 is 11.5 Å². The molecule has 96 valence electrons. The molecule has 7 nitrogen and oxygen atoms in total. The Morgan fingerprint density at radius 2 is 2.06 bits per heavy atom. The summed E-state index contributed by atoms with van der Waals surface area (Å²) in [6.45, 7) is 5.20. The number of piperazine rings is 3. The SMILES string of the molecule is NC(=O)c1cnc(C2CN3CCN2CC3)nc1N. The fourth-order valence-corrected chi connectivity index (χ4v) is 2.62. The minimum Gasteiger partial charge on any atom is -0.383 e. The van der Waals surface area contributed by atoms with E-state index < -0.39 is 5.91 Å². The number of rotatable bonds is 2. The second kappa shape index (κ2) is 4.18. The fraction of sp³-hybridized carbons (Fsp3) is 0.545. The number of primary amides is 1. The van der Waals surface area contributed by atoms with Crippen LogP contribution in [0.5, 0.6) is 0 Å². The first-order chi connectivity index (χ1) is 8.65. The van der Waals surface area contributed by atoms with Crippen molar-refractivity contribution in [1.82, 2.24) is 19.8 Å². The van der Waals surface area contributed by atoms with Crippen LogP contribution >= 0.6 is 0 Å². The Hall–Kier alpha value is -1.73. The van der Waals surface area contributed by atoms with Gasteiger partial charge in [0.15, 0.2) is 0 Å². The third-order valence-electron chi connectivity index (χ3n) is 3.68. The normalized spacial score (nSPS) is 30.3. The number of fused-ring (bicyclic) bond motifs is 3. The van der Waals surface area contributed by atoms with E-state index >= 15 is 0 Å². The zero-order valence-electron chi connectivity index (χ0n) is 10.0. The molecule has 3 fully saturated rings. The Labute approximate surface area is 105 Å². The summed E-state index contributed by atoms with van der Waals surface area (Å²) in [6.07, 6.45) is 1.43. The summed E-state index contributed by atoms with van der Waals surface area (Å²) in [7, 11) is 0. The van der Waals surface area contributed by atoms with Gasteiger partial charge in [-0.2, -0.15) is 0 Å². The van der Waals surface area contributed by atoms with Gasteiger partial charge in [0.2, 0.25) is 0 Å². The Balaban J connectivity index is 1.89. The third kappa shape index (κ3) is 1.81. The van der Waals surface area contributed by atoms with Crippen LogP contribution in [-0.4, -0.2) is 58.4 Å². The first kappa shape index (κ1) is 11.4. The van der Waals surface area contributed by atoms with Crippen molar-refractivity contribution in [3.63, 3.8) is 0 Å². The van der Waals surface area contributed by atoms with Crippen LogP contribution in [0, 0.1) is 0 Å². The lowest BCUT2D eigenvalue weighted by Crippen LogP contribution is -2.57. The highest BCUT2D eigenvalue weighted by molar-refractivity contribution is 5.96. The monoisotopic (exact) mass is 248 g/mol. The number of amides is 1. The fourth-order valence-electron chi connectivity index (χ4n) is 2.62. The lowest BCUT2D eigenvalue weighted by Gasteiger charge is -2.46. The molecule has 4 rings (SSSR count). The van der Waals surface area contributed by atoms with E-state index in [1.54, 1.807) is 0 Å². The molecule has 0 saturated carbocycles. The molecule has 0 spiro atoms. The van der Waals surface area contributed by atoms with E-state index in [9.17, 15) is 4.79 Å². The second-order valence-corrected chi connectivity index (χ2v) is 4.74. The Bertz CT molecular complexity index is 482. The molecule has 1 aromatic heterocycles. The van der Waals surface area contributed by atoms with E-state index in [-0.39, 0.29) is 17.4 Å². The molecule has 3 saturated heterocycles. The Morgan fingerprint density at radius 3 is 2.56 bits per heavy atom. The maximum absolute atomic E-state index is 11.1. The molecule has 1 amide bonds. The molecule has 4 N–H and O–H groups in total. The van der Waals surface area contributed by atoms with Gasteiger partial charge in [-0.1, -0.05) is 0 Å². The highest BCUT2D eigenvalue weighted by Gasteiger charge is 2.34. The molecular formula is C11H16N6O. The largest absolute Gasteiger partial charge is 0.383 e. The van der Waals surface area contributed by atoms with Crippen LogP contribution < -0.4 is 11.5 Å².